The molecule has 0 saturated heterocycles. The molecule has 0 aromatic rings. The molecule has 5 nitrogen and oxygen atoms in total. The molecule has 0 aliphatic heterocycles. The van der Waals surface area contributed by atoms with Crippen LogP contribution in [0.5, 0.6) is 0 Å². The Morgan fingerprint density at radius 2 is 1.50 bits per heavy atom. The van der Waals surface area contributed by atoms with Crippen LogP contribution in [0.3, 0.4) is 0 Å². The minimum atomic E-state index is -0.327. The number of carbonyl (C=O) groups is 1. The number of rotatable bonds is 19. The van der Waals surface area contributed by atoms with Crippen molar-refractivity contribution in [3.8, 4) is 0 Å². The van der Waals surface area contributed by atoms with Crippen molar-refractivity contribution in [2.75, 3.05) is 20.3 Å². The summed E-state index contributed by atoms with van der Waals surface area (Å²) in [7, 11) is 1.43. The molecule has 0 amide bonds. The monoisotopic (exact) mass is 373 g/mol. The van der Waals surface area contributed by atoms with E-state index in [-0.39, 0.29) is 24.7 Å². The number of aliphatic hydroxyl groups excluding tert-OH is 2. The van der Waals surface area contributed by atoms with Gasteiger partial charge in [-0.1, -0.05) is 71.1 Å². The van der Waals surface area contributed by atoms with E-state index < -0.39 is 0 Å². The number of esters is 1. The first-order valence-electron chi connectivity index (χ1n) is 10.7. The predicted molar refractivity (Wildman–Crippen MR) is 107 cm³/mol. The molecule has 0 fully saturated rings. The van der Waals surface area contributed by atoms with Gasteiger partial charge in [0.15, 0.2) is 0 Å². The molecular formula is C21H43NO4. The number of ether oxygens (including phenoxy) is 1. The first-order valence-corrected chi connectivity index (χ1v) is 10.7. The molecular weight excluding hydrogens is 330 g/mol. The summed E-state index contributed by atoms with van der Waals surface area (Å²) in [5.41, 5.74) is 0. The second-order valence-corrected chi connectivity index (χ2v) is 7.29. The molecule has 0 saturated carbocycles. The summed E-state index contributed by atoms with van der Waals surface area (Å²) >= 11 is 0. The molecule has 5 heteroatoms. The molecule has 0 aromatic heterocycles. The molecule has 26 heavy (non-hydrogen) atoms. The largest absolute Gasteiger partial charge is 0.469 e. The number of unbranched alkanes of at least 4 members (excludes halogenated alkanes) is 9. The normalized spacial score (nSPS) is 13.5. The van der Waals surface area contributed by atoms with Crippen molar-refractivity contribution >= 4 is 5.97 Å². The van der Waals surface area contributed by atoms with E-state index >= 15 is 0 Å². The zero-order valence-electron chi connectivity index (χ0n) is 17.2. The Hall–Kier alpha value is -0.650. The van der Waals surface area contributed by atoms with Crippen LogP contribution in [0, 0.1) is 0 Å². The Balaban J connectivity index is 3.83. The second kappa shape index (κ2) is 19.1. The summed E-state index contributed by atoms with van der Waals surface area (Å²) in [5, 5.41) is 22.8. The average Bonchev–Trinajstić information content (AvgIpc) is 2.65. The summed E-state index contributed by atoms with van der Waals surface area (Å²) in [6.07, 6.45) is 14.6. The summed E-state index contributed by atoms with van der Waals surface area (Å²) in [6.45, 7) is 2.87. The topological polar surface area (TPSA) is 78.8 Å². The van der Waals surface area contributed by atoms with Crippen molar-refractivity contribution in [1.29, 1.82) is 0 Å². The van der Waals surface area contributed by atoms with Crippen LogP contribution in [-0.4, -0.2) is 48.6 Å². The van der Waals surface area contributed by atoms with Crippen LogP contribution in [-0.2, 0) is 9.53 Å². The van der Waals surface area contributed by atoms with E-state index in [1.54, 1.807) is 0 Å². The van der Waals surface area contributed by atoms with Gasteiger partial charge in [-0.3, -0.25) is 4.79 Å². The number of methoxy groups -OCH3 is 1. The number of hydrogen-bond donors (Lipinski definition) is 3. The summed E-state index contributed by atoms with van der Waals surface area (Å²) in [5.74, 6) is -0.129. The highest BCUT2D eigenvalue weighted by molar-refractivity contribution is 5.68. The zero-order valence-corrected chi connectivity index (χ0v) is 17.2. The highest BCUT2D eigenvalue weighted by atomic mass is 16.5. The van der Waals surface area contributed by atoms with Gasteiger partial charge in [-0.2, -0.15) is 0 Å². The van der Waals surface area contributed by atoms with Crippen LogP contribution in [0.25, 0.3) is 0 Å². The lowest BCUT2D eigenvalue weighted by molar-refractivity contribution is -0.140. The minimum absolute atomic E-state index is 0.0767. The predicted octanol–water partition coefficient (Wildman–Crippen LogP) is 3.95. The third-order valence-electron chi connectivity index (χ3n) is 4.96. The van der Waals surface area contributed by atoms with E-state index in [4.69, 9.17) is 5.11 Å². The Kier molecular flexibility index (Phi) is 18.6. The van der Waals surface area contributed by atoms with E-state index in [0.29, 0.717) is 13.0 Å². The SMILES string of the molecule is CCCCCCCCC(O)C(CCCCCCCC(=O)OC)NCCO. The first kappa shape index (κ1) is 25.4. The maximum absolute atomic E-state index is 11.0. The summed E-state index contributed by atoms with van der Waals surface area (Å²) in [4.78, 5) is 11.0. The van der Waals surface area contributed by atoms with Crippen LogP contribution in [0.4, 0.5) is 0 Å². The van der Waals surface area contributed by atoms with Gasteiger partial charge in [0.2, 0.25) is 0 Å². The third kappa shape index (κ3) is 15.6. The Labute approximate surface area is 160 Å². The van der Waals surface area contributed by atoms with Gasteiger partial charge in [-0.05, 0) is 19.3 Å². The molecule has 0 aliphatic carbocycles. The summed E-state index contributed by atoms with van der Waals surface area (Å²) < 4.78 is 4.64. The molecule has 0 heterocycles. The van der Waals surface area contributed by atoms with Crippen molar-refractivity contribution in [2.45, 2.75) is 109 Å². The van der Waals surface area contributed by atoms with Crippen LogP contribution < -0.4 is 5.32 Å². The van der Waals surface area contributed by atoms with Crippen molar-refractivity contribution in [2.24, 2.45) is 0 Å². The quantitative estimate of drug-likeness (QED) is 0.236. The van der Waals surface area contributed by atoms with Gasteiger partial charge in [0.25, 0.3) is 0 Å². The number of hydrogen-bond acceptors (Lipinski definition) is 5. The van der Waals surface area contributed by atoms with E-state index in [1.807, 2.05) is 0 Å². The third-order valence-corrected chi connectivity index (χ3v) is 4.96. The number of nitrogens with one attached hydrogen (secondary N) is 1. The van der Waals surface area contributed by atoms with Gasteiger partial charge < -0.3 is 20.3 Å². The molecule has 2 atom stereocenters. The molecule has 0 rings (SSSR count). The molecule has 0 bridgehead atoms. The molecule has 0 spiro atoms. The van der Waals surface area contributed by atoms with Crippen LogP contribution >= 0.6 is 0 Å². The van der Waals surface area contributed by atoms with Gasteiger partial charge >= 0.3 is 5.97 Å². The lowest BCUT2D eigenvalue weighted by atomic mass is 9.97. The molecule has 2 unspecified atom stereocenters. The molecule has 156 valence electrons. The number of aliphatic hydroxyl groups is 2. The van der Waals surface area contributed by atoms with Crippen molar-refractivity contribution < 1.29 is 19.7 Å². The smallest absolute Gasteiger partial charge is 0.305 e. The van der Waals surface area contributed by atoms with Crippen LogP contribution in [0.2, 0.25) is 0 Å². The van der Waals surface area contributed by atoms with E-state index in [9.17, 15) is 9.90 Å². The Morgan fingerprint density at radius 3 is 2.12 bits per heavy atom. The van der Waals surface area contributed by atoms with Crippen LogP contribution in [0.1, 0.15) is 96.8 Å². The molecule has 0 aliphatic rings. The van der Waals surface area contributed by atoms with Crippen molar-refractivity contribution in [3.63, 3.8) is 0 Å². The second-order valence-electron chi connectivity index (χ2n) is 7.29. The average molecular weight is 374 g/mol. The lowest BCUT2D eigenvalue weighted by Crippen LogP contribution is -2.41. The van der Waals surface area contributed by atoms with Gasteiger partial charge in [0.1, 0.15) is 0 Å². The standard InChI is InChI=1S/C21H43NO4/c1-3-4-5-6-9-12-15-20(24)19(22-17-18-23)14-11-8-7-10-13-16-21(25)26-2/h19-20,22-24H,3-18H2,1-2H3. The molecule has 0 radical (unpaired) electrons. The zero-order chi connectivity index (χ0) is 19.5. The highest BCUT2D eigenvalue weighted by Crippen LogP contribution is 2.15. The fourth-order valence-corrected chi connectivity index (χ4v) is 3.28. The van der Waals surface area contributed by atoms with Gasteiger partial charge in [0, 0.05) is 19.0 Å². The van der Waals surface area contributed by atoms with Crippen LogP contribution in [0.15, 0.2) is 0 Å². The fourth-order valence-electron chi connectivity index (χ4n) is 3.28. The van der Waals surface area contributed by atoms with Gasteiger partial charge in [-0.25, -0.2) is 0 Å². The maximum atomic E-state index is 11.0. The molecule has 0 aromatic carbocycles. The Morgan fingerprint density at radius 1 is 0.923 bits per heavy atom. The lowest BCUT2D eigenvalue weighted by Gasteiger charge is -2.24. The van der Waals surface area contributed by atoms with E-state index in [1.165, 1.54) is 39.2 Å². The van der Waals surface area contributed by atoms with E-state index in [0.717, 1.165) is 51.4 Å². The van der Waals surface area contributed by atoms with E-state index in [2.05, 4.69) is 17.0 Å². The van der Waals surface area contributed by atoms with Crippen molar-refractivity contribution in [3.05, 3.63) is 0 Å². The van der Waals surface area contributed by atoms with Crippen molar-refractivity contribution in [1.82, 2.24) is 5.32 Å². The Bertz CT molecular complexity index is 312. The maximum Gasteiger partial charge on any atom is 0.305 e. The van der Waals surface area contributed by atoms with Gasteiger partial charge in [0.05, 0.1) is 19.8 Å². The fraction of sp³-hybridized carbons (Fsp3) is 0.952. The molecule has 3 N–H and O–H groups in total. The highest BCUT2D eigenvalue weighted by Gasteiger charge is 2.17. The van der Waals surface area contributed by atoms with Gasteiger partial charge in [-0.15, -0.1) is 0 Å². The number of carbonyl (C=O) groups excluding carboxylic acids is 1. The minimum Gasteiger partial charge on any atom is -0.469 e. The summed E-state index contributed by atoms with van der Waals surface area (Å²) in [6, 6.07) is 0.0767. The first-order chi connectivity index (χ1) is 12.7.